The SMILES string of the molecule is CC1(C)C=CSC2=CCC(c3ccc4c(c3)sc3cc(-n5c6ccccc6c6ccccc65)ccc34)=CC=C21. The lowest BCUT2D eigenvalue weighted by molar-refractivity contribution is 0.592. The van der Waals surface area contributed by atoms with Gasteiger partial charge in [-0.2, -0.15) is 0 Å². The van der Waals surface area contributed by atoms with Crippen LogP contribution in [0.1, 0.15) is 25.8 Å². The lowest BCUT2D eigenvalue weighted by Crippen LogP contribution is -2.14. The molecule has 1 nitrogen and oxygen atoms in total. The Morgan fingerprint density at radius 1 is 0.718 bits per heavy atom. The quantitative estimate of drug-likeness (QED) is 0.213. The van der Waals surface area contributed by atoms with Crippen LogP contribution in [-0.2, 0) is 0 Å². The molecule has 0 fully saturated rings. The van der Waals surface area contributed by atoms with Crippen molar-refractivity contribution in [2.75, 3.05) is 0 Å². The average molecular weight is 538 g/mol. The van der Waals surface area contributed by atoms with Gasteiger partial charge in [-0.3, -0.25) is 0 Å². The van der Waals surface area contributed by atoms with Crippen LogP contribution in [0, 0.1) is 5.41 Å². The van der Waals surface area contributed by atoms with E-state index >= 15 is 0 Å². The Morgan fingerprint density at radius 3 is 2.18 bits per heavy atom. The van der Waals surface area contributed by atoms with E-state index in [2.05, 4.69) is 133 Å². The van der Waals surface area contributed by atoms with Crippen LogP contribution in [0.2, 0.25) is 0 Å². The van der Waals surface area contributed by atoms with E-state index in [1.165, 1.54) is 69.3 Å². The molecule has 1 aliphatic heterocycles. The maximum Gasteiger partial charge on any atom is 0.0541 e. The van der Waals surface area contributed by atoms with Crippen LogP contribution in [-0.4, -0.2) is 4.57 Å². The summed E-state index contributed by atoms with van der Waals surface area (Å²) in [7, 11) is 0. The summed E-state index contributed by atoms with van der Waals surface area (Å²) in [6.07, 6.45) is 10.4. The summed E-state index contributed by atoms with van der Waals surface area (Å²) in [6.45, 7) is 4.61. The molecule has 2 aromatic heterocycles. The van der Waals surface area contributed by atoms with E-state index in [-0.39, 0.29) is 5.41 Å². The number of thioether (sulfide) groups is 1. The fourth-order valence-corrected chi connectivity index (χ4v) is 8.55. The molecule has 0 amide bonds. The van der Waals surface area contributed by atoms with E-state index in [1.807, 2.05) is 23.1 Å². The third-order valence-electron chi connectivity index (χ3n) is 8.26. The predicted octanol–water partition coefficient (Wildman–Crippen LogP) is 11.0. The molecule has 3 heteroatoms. The predicted molar refractivity (Wildman–Crippen MR) is 173 cm³/mol. The molecule has 0 saturated carbocycles. The molecule has 8 rings (SSSR count). The first kappa shape index (κ1) is 23.1. The molecule has 2 aliphatic rings. The van der Waals surface area contributed by atoms with Gasteiger partial charge in [0.1, 0.15) is 0 Å². The standard InChI is InChI=1S/C36H27NS2/c1-36(2)19-20-38-33-18-13-23(12-17-30(33)36)24-11-15-28-29-16-14-25(22-35(29)39-34(28)21-24)37-31-9-5-3-7-26(31)27-8-4-6-10-32(27)37/h3-12,14-22H,13H2,1-2H3. The minimum absolute atomic E-state index is 0.0759. The van der Waals surface area contributed by atoms with Crippen LogP contribution >= 0.6 is 23.1 Å². The van der Waals surface area contributed by atoms with Gasteiger partial charge >= 0.3 is 0 Å². The molecule has 188 valence electrons. The molecular weight excluding hydrogens is 511 g/mol. The van der Waals surface area contributed by atoms with E-state index in [1.54, 1.807) is 0 Å². The Hall–Kier alpha value is -3.79. The van der Waals surface area contributed by atoms with Gasteiger partial charge in [0.25, 0.3) is 0 Å². The second-order valence-electron chi connectivity index (χ2n) is 11.1. The molecule has 0 saturated heterocycles. The normalized spacial score (nSPS) is 16.8. The first-order chi connectivity index (χ1) is 19.1. The van der Waals surface area contributed by atoms with Gasteiger partial charge in [0.05, 0.1) is 11.0 Å². The highest BCUT2D eigenvalue weighted by atomic mass is 32.2. The number of para-hydroxylation sites is 2. The third kappa shape index (κ3) is 3.61. The first-order valence-electron chi connectivity index (χ1n) is 13.5. The maximum absolute atomic E-state index is 2.41. The van der Waals surface area contributed by atoms with Crippen molar-refractivity contribution in [3.05, 3.63) is 131 Å². The van der Waals surface area contributed by atoms with Gasteiger partial charge in [0.2, 0.25) is 0 Å². The average Bonchev–Trinajstić information content (AvgIpc) is 3.38. The van der Waals surface area contributed by atoms with Crippen LogP contribution < -0.4 is 0 Å². The molecule has 1 aliphatic carbocycles. The molecule has 4 aromatic carbocycles. The molecule has 3 heterocycles. The van der Waals surface area contributed by atoms with Gasteiger partial charge < -0.3 is 4.57 Å². The Kier molecular flexibility index (Phi) is 5.10. The Balaban J connectivity index is 1.24. The largest absolute Gasteiger partial charge is 0.309 e. The molecule has 0 atom stereocenters. The van der Waals surface area contributed by atoms with Crippen LogP contribution in [0.25, 0.3) is 53.2 Å². The zero-order valence-corrected chi connectivity index (χ0v) is 23.6. The van der Waals surface area contributed by atoms with Crippen molar-refractivity contribution in [3.63, 3.8) is 0 Å². The van der Waals surface area contributed by atoms with E-state index in [9.17, 15) is 0 Å². The molecule has 0 bridgehead atoms. The number of fused-ring (bicyclic) bond motifs is 7. The van der Waals surface area contributed by atoms with Crippen LogP contribution in [0.3, 0.4) is 0 Å². The number of rotatable bonds is 2. The van der Waals surface area contributed by atoms with E-state index in [0.717, 1.165) is 6.42 Å². The van der Waals surface area contributed by atoms with Gasteiger partial charge in [-0.15, -0.1) is 11.3 Å². The fourth-order valence-electron chi connectivity index (χ4n) is 6.18. The minimum Gasteiger partial charge on any atom is -0.309 e. The van der Waals surface area contributed by atoms with Crippen molar-refractivity contribution in [1.82, 2.24) is 4.57 Å². The molecule has 0 radical (unpaired) electrons. The minimum atomic E-state index is 0.0759. The van der Waals surface area contributed by atoms with Crippen molar-refractivity contribution in [1.29, 1.82) is 0 Å². The smallest absolute Gasteiger partial charge is 0.0541 e. The summed E-state index contributed by atoms with van der Waals surface area (Å²) in [6, 6.07) is 31.4. The highest BCUT2D eigenvalue weighted by Gasteiger charge is 2.27. The summed E-state index contributed by atoms with van der Waals surface area (Å²) >= 11 is 3.75. The Morgan fingerprint density at radius 2 is 1.41 bits per heavy atom. The molecule has 39 heavy (non-hydrogen) atoms. The van der Waals surface area contributed by atoms with Gasteiger partial charge in [-0.1, -0.05) is 105 Å². The highest BCUT2D eigenvalue weighted by molar-refractivity contribution is 8.06. The highest BCUT2D eigenvalue weighted by Crippen LogP contribution is 2.46. The molecule has 0 spiro atoms. The maximum atomic E-state index is 2.41. The number of aromatic nitrogens is 1. The Bertz CT molecular complexity index is 2040. The number of benzene rings is 4. The first-order valence-corrected chi connectivity index (χ1v) is 15.2. The number of hydrogen-bond donors (Lipinski definition) is 0. The van der Waals surface area contributed by atoms with Gasteiger partial charge in [-0.05, 0) is 58.9 Å². The van der Waals surface area contributed by atoms with Crippen molar-refractivity contribution >= 4 is 70.6 Å². The van der Waals surface area contributed by atoms with Crippen molar-refractivity contribution in [2.45, 2.75) is 20.3 Å². The number of hydrogen-bond acceptors (Lipinski definition) is 2. The van der Waals surface area contributed by atoms with Crippen LogP contribution in [0.5, 0.6) is 0 Å². The van der Waals surface area contributed by atoms with Crippen LogP contribution in [0.15, 0.2) is 125 Å². The zero-order chi connectivity index (χ0) is 26.1. The molecule has 0 unspecified atom stereocenters. The monoisotopic (exact) mass is 537 g/mol. The lowest BCUT2D eigenvalue weighted by atomic mass is 9.83. The summed E-state index contributed by atoms with van der Waals surface area (Å²) < 4.78 is 5.09. The molecule has 6 aromatic rings. The van der Waals surface area contributed by atoms with Crippen molar-refractivity contribution in [2.24, 2.45) is 5.41 Å². The third-order valence-corrected chi connectivity index (χ3v) is 10.3. The second-order valence-corrected chi connectivity index (χ2v) is 13.1. The van der Waals surface area contributed by atoms with Crippen molar-refractivity contribution < 1.29 is 0 Å². The molecular formula is C36H27NS2. The number of thiophene rings is 1. The summed E-state index contributed by atoms with van der Waals surface area (Å²) in [5.41, 5.74) is 7.92. The fraction of sp³-hybridized carbons (Fsp3) is 0.111. The number of nitrogens with zero attached hydrogens (tertiary/aromatic N) is 1. The van der Waals surface area contributed by atoms with Crippen LogP contribution in [0.4, 0.5) is 0 Å². The topological polar surface area (TPSA) is 4.93 Å². The van der Waals surface area contributed by atoms with E-state index in [4.69, 9.17) is 0 Å². The second kappa shape index (κ2) is 8.61. The Labute approximate surface area is 236 Å². The lowest BCUT2D eigenvalue weighted by Gasteiger charge is -2.29. The van der Waals surface area contributed by atoms with Gasteiger partial charge in [0, 0.05) is 47.0 Å². The summed E-state index contributed by atoms with van der Waals surface area (Å²) in [4.78, 5) is 1.40. The van der Waals surface area contributed by atoms with Gasteiger partial charge in [0.15, 0.2) is 0 Å². The molecule has 0 N–H and O–H groups in total. The number of allylic oxidation sites excluding steroid dienone is 6. The summed E-state index contributed by atoms with van der Waals surface area (Å²) in [5.74, 6) is 0. The zero-order valence-electron chi connectivity index (χ0n) is 21.9. The van der Waals surface area contributed by atoms with Crippen molar-refractivity contribution in [3.8, 4) is 5.69 Å². The van der Waals surface area contributed by atoms with Gasteiger partial charge in [-0.25, -0.2) is 0 Å². The van der Waals surface area contributed by atoms with E-state index < -0.39 is 0 Å². The van der Waals surface area contributed by atoms with E-state index in [0.29, 0.717) is 0 Å². The summed E-state index contributed by atoms with van der Waals surface area (Å²) in [5, 5.41) is 7.51.